The summed E-state index contributed by atoms with van der Waals surface area (Å²) in [5.74, 6) is 0. The van der Waals surface area contributed by atoms with E-state index < -0.39 is 0 Å². The highest BCUT2D eigenvalue weighted by Crippen LogP contribution is 2.37. The summed E-state index contributed by atoms with van der Waals surface area (Å²) in [4.78, 5) is 2.33. The first kappa shape index (κ1) is 27.5. The molecule has 4 aromatic rings. The minimum absolute atomic E-state index is 0.121. The molecule has 2 heteroatoms. The highest BCUT2D eigenvalue weighted by atomic mass is 15.1. The lowest BCUT2D eigenvalue weighted by Crippen LogP contribution is -2.14. The van der Waals surface area contributed by atoms with Crippen molar-refractivity contribution in [3.05, 3.63) is 114 Å². The van der Waals surface area contributed by atoms with Crippen LogP contribution in [0.1, 0.15) is 79.0 Å². The maximum Gasteiger partial charge on any atom is 0.0463 e. The molecule has 0 heterocycles. The van der Waals surface area contributed by atoms with Crippen LogP contribution >= 0.6 is 0 Å². The normalized spacial score (nSPS) is 12.3. The lowest BCUT2D eigenvalue weighted by molar-refractivity contribution is 0.590. The lowest BCUT2D eigenvalue weighted by Gasteiger charge is -2.28. The Morgan fingerprint density at radius 2 is 0.605 bits per heavy atom. The zero-order chi connectivity index (χ0) is 27.7. The van der Waals surface area contributed by atoms with Gasteiger partial charge < -0.3 is 10.2 Å². The number of hydrogen-bond donors (Lipinski definition) is 1. The molecular formula is C36H44N2. The van der Waals surface area contributed by atoms with Gasteiger partial charge in [0, 0.05) is 28.4 Å². The predicted molar refractivity (Wildman–Crippen MR) is 167 cm³/mol. The van der Waals surface area contributed by atoms with E-state index in [1.54, 1.807) is 0 Å². The lowest BCUT2D eigenvalue weighted by atomic mass is 9.86. The van der Waals surface area contributed by atoms with Gasteiger partial charge in [0.1, 0.15) is 0 Å². The first-order chi connectivity index (χ1) is 17.7. The Bertz CT molecular complexity index is 1270. The van der Waals surface area contributed by atoms with Crippen LogP contribution in [0.2, 0.25) is 0 Å². The van der Waals surface area contributed by atoms with Crippen LogP contribution < -0.4 is 10.2 Å². The summed E-state index contributed by atoms with van der Waals surface area (Å²) >= 11 is 0. The fourth-order valence-corrected chi connectivity index (χ4v) is 4.58. The third kappa shape index (κ3) is 6.48. The molecule has 4 rings (SSSR count). The number of hydrogen-bond acceptors (Lipinski definition) is 2. The number of nitrogens with zero attached hydrogens (tertiary/aromatic N) is 1. The zero-order valence-electron chi connectivity index (χ0n) is 24.7. The molecule has 0 fully saturated rings. The Hall–Kier alpha value is -3.52. The van der Waals surface area contributed by atoms with Gasteiger partial charge in [-0.2, -0.15) is 0 Å². The van der Waals surface area contributed by atoms with E-state index in [0.717, 1.165) is 28.4 Å². The molecule has 198 valence electrons. The highest BCUT2D eigenvalue weighted by molar-refractivity contribution is 5.78. The van der Waals surface area contributed by atoms with Crippen molar-refractivity contribution in [1.82, 2.24) is 0 Å². The van der Waals surface area contributed by atoms with Gasteiger partial charge in [-0.1, -0.05) is 98.7 Å². The second-order valence-corrected chi connectivity index (χ2v) is 13.4. The molecule has 0 radical (unpaired) electrons. The number of benzene rings is 4. The highest BCUT2D eigenvalue weighted by Gasteiger charge is 2.18. The van der Waals surface area contributed by atoms with E-state index in [0.29, 0.717) is 0 Å². The molecule has 0 aliphatic rings. The summed E-state index contributed by atoms with van der Waals surface area (Å²) in [6.07, 6.45) is 0. The average molecular weight is 505 g/mol. The Balaban J connectivity index is 1.65. The SMILES string of the molecule is CC(C)(C)c1ccc(Nc2ccc(N(c3ccc(C(C)(C)C)cc3)c3ccc(C(C)(C)C)cc3)cc2)cc1. The smallest absolute Gasteiger partial charge is 0.0463 e. The molecule has 0 aliphatic carbocycles. The van der Waals surface area contributed by atoms with Crippen LogP contribution in [0.15, 0.2) is 97.1 Å². The van der Waals surface area contributed by atoms with Gasteiger partial charge in [-0.25, -0.2) is 0 Å². The minimum Gasteiger partial charge on any atom is -0.356 e. The van der Waals surface area contributed by atoms with E-state index in [-0.39, 0.29) is 16.2 Å². The van der Waals surface area contributed by atoms with E-state index in [9.17, 15) is 0 Å². The summed E-state index contributed by atoms with van der Waals surface area (Å²) in [7, 11) is 0. The number of rotatable bonds is 5. The van der Waals surface area contributed by atoms with Gasteiger partial charge >= 0.3 is 0 Å². The van der Waals surface area contributed by atoms with Crippen LogP contribution in [0.25, 0.3) is 0 Å². The fraction of sp³-hybridized carbons (Fsp3) is 0.333. The topological polar surface area (TPSA) is 15.3 Å². The third-order valence-electron chi connectivity index (χ3n) is 7.15. The largest absolute Gasteiger partial charge is 0.356 e. The van der Waals surface area contributed by atoms with Crippen molar-refractivity contribution in [2.24, 2.45) is 0 Å². The quantitative estimate of drug-likeness (QED) is 0.291. The molecule has 0 atom stereocenters. The van der Waals surface area contributed by atoms with Gasteiger partial charge in [0.2, 0.25) is 0 Å². The van der Waals surface area contributed by atoms with Crippen LogP contribution in [0.3, 0.4) is 0 Å². The van der Waals surface area contributed by atoms with Crippen molar-refractivity contribution in [1.29, 1.82) is 0 Å². The first-order valence-corrected chi connectivity index (χ1v) is 13.7. The van der Waals surface area contributed by atoms with E-state index in [1.165, 1.54) is 16.7 Å². The van der Waals surface area contributed by atoms with E-state index in [1.807, 2.05) is 0 Å². The summed E-state index contributed by atoms with van der Waals surface area (Å²) < 4.78 is 0. The fourth-order valence-electron chi connectivity index (χ4n) is 4.58. The number of nitrogens with one attached hydrogen (secondary N) is 1. The van der Waals surface area contributed by atoms with E-state index in [4.69, 9.17) is 0 Å². The molecule has 0 saturated carbocycles. The zero-order valence-corrected chi connectivity index (χ0v) is 24.7. The first-order valence-electron chi connectivity index (χ1n) is 13.7. The Kier molecular flexibility index (Phi) is 7.48. The van der Waals surface area contributed by atoms with Gasteiger partial charge in [0.15, 0.2) is 0 Å². The Morgan fingerprint density at radius 1 is 0.368 bits per heavy atom. The van der Waals surface area contributed by atoms with Crippen LogP contribution in [-0.4, -0.2) is 0 Å². The monoisotopic (exact) mass is 504 g/mol. The van der Waals surface area contributed by atoms with Crippen LogP contribution in [0, 0.1) is 0 Å². The molecule has 0 saturated heterocycles. The Morgan fingerprint density at radius 3 is 0.895 bits per heavy atom. The van der Waals surface area contributed by atoms with Crippen molar-refractivity contribution >= 4 is 28.4 Å². The predicted octanol–water partition coefficient (Wildman–Crippen LogP) is 10.8. The molecule has 0 bridgehead atoms. The number of anilines is 5. The van der Waals surface area contributed by atoms with Crippen LogP contribution in [-0.2, 0) is 16.2 Å². The minimum atomic E-state index is 0.121. The summed E-state index contributed by atoms with van der Waals surface area (Å²) in [5, 5.41) is 3.56. The van der Waals surface area contributed by atoms with Crippen molar-refractivity contribution in [3.63, 3.8) is 0 Å². The molecule has 1 N–H and O–H groups in total. The second kappa shape index (κ2) is 10.3. The van der Waals surface area contributed by atoms with Gasteiger partial charge in [-0.05, 0) is 93.6 Å². The molecule has 0 unspecified atom stereocenters. The van der Waals surface area contributed by atoms with Crippen molar-refractivity contribution in [2.75, 3.05) is 10.2 Å². The molecule has 0 aliphatic heterocycles. The van der Waals surface area contributed by atoms with E-state index in [2.05, 4.69) is 170 Å². The van der Waals surface area contributed by atoms with Gasteiger partial charge in [-0.15, -0.1) is 0 Å². The summed E-state index contributed by atoms with van der Waals surface area (Å²) in [6.45, 7) is 20.3. The second-order valence-electron chi connectivity index (χ2n) is 13.4. The third-order valence-corrected chi connectivity index (χ3v) is 7.15. The standard InChI is InChI=1S/C36H44N2/c1-34(2,3)26-10-16-29(17-11-26)37-30-18-24-33(25-19-30)38(31-20-12-27(13-21-31)35(4,5)6)32-22-14-28(15-23-32)36(7,8)9/h10-25,37H,1-9H3. The van der Waals surface area contributed by atoms with Crippen molar-refractivity contribution in [2.45, 2.75) is 78.6 Å². The molecule has 4 aromatic carbocycles. The molecule has 0 spiro atoms. The maximum atomic E-state index is 3.56. The molecule has 0 aromatic heterocycles. The van der Waals surface area contributed by atoms with Crippen LogP contribution in [0.5, 0.6) is 0 Å². The van der Waals surface area contributed by atoms with Crippen LogP contribution in [0.4, 0.5) is 28.4 Å². The van der Waals surface area contributed by atoms with Gasteiger partial charge in [-0.3, -0.25) is 0 Å². The van der Waals surface area contributed by atoms with E-state index >= 15 is 0 Å². The van der Waals surface area contributed by atoms with Crippen molar-refractivity contribution < 1.29 is 0 Å². The van der Waals surface area contributed by atoms with Crippen molar-refractivity contribution in [3.8, 4) is 0 Å². The Labute approximate surface area is 230 Å². The maximum absolute atomic E-state index is 3.56. The molecule has 2 nitrogen and oxygen atoms in total. The summed E-state index contributed by atoms with van der Waals surface area (Å²) in [5.41, 5.74) is 10.0. The molecular weight excluding hydrogens is 460 g/mol. The molecule has 38 heavy (non-hydrogen) atoms. The average Bonchev–Trinajstić information content (AvgIpc) is 2.85. The van der Waals surface area contributed by atoms with Gasteiger partial charge in [0.25, 0.3) is 0 Å². The summed E-state index contributed by atoms with van der Waals surface area (Å²) in [6, 6.07) is 35.4. The van der Waals surface area contributed by atoms with Gasteiger partial charge in [0.05, 0.1) is 0 Å². The molecule has 0 amide bonds.